The number of amides is 2. The normalized spacial score (nSPS) is 16.3. The first-order valence-corrected chi connectivity index (χ1v) is 9.67. The van der Waals surface area contributed by atoms with E-state index >= 15 is 0 Å². The van der Waals surface area contributed by atoms with Gasteiger partial charge in [-0.2, -0.15) is 0 Å². The van der Waals surface area contributed by atoms with Crippen molar-refractivity contribution in [2.24, 2.45) is 0 Å². The van der Waals surface area contributed by atoms with Crippen molar-refractivity contribution in [2.75, 3.05) is 18.5 Å². The van der Waals surface area contributed by atoms with E-state index in [2.05, 4.69) is 15.6 Å². The number of aromatic nitrogens is 1. The molecule has 1 aliphatic carbocycles. The second-order valence-electron chi connectivity index (χ2n) is 7.05. The number of hydrogen-bond acceptors (Lipinski definition) is 5. The summed E-state index contributed by atoms with van der Waals surface area (Å²) in [6.45, 7) is 0.989. The first-order valence-electron chi connectivity index (χ1n) is 9.67. The van der Waals surface area contributed by atoms with Crippen LogP contribution in [0.3, 0.4) is 0 Å². The van der Waals surface area contributed by atoms with Crippen LogP contribution in [0.5, 0.6) is 11.5 Å². The lowest BCUT2D eigenvalue weighted by Crippen LogP contribution is -2.36. The molecule has 1 aliphatic heterocycles. The molecule has 2 amide bonds. The summed E-state index contributed by atoms with van der Waals surface area (Å²) in [4.78, 5) is 29.2. The van der Waals surface area contributed by atoms with Gasteiger partial charge in [-0.25, -0.2) is 0 Å². The predicted molar refractivity (Wildman–Crippen MR) is 104 cm³/mol. The molecule has 2 aliphatic rings. The van der Waals surface area contributed by atoms with Gasteiger partial charge in [0.25, 0.3) is 11.8 Å². The average Bonchev–Trinajstić information content (AvgIpc) is 2.74. The van der Waals surface area contributed by atoms with Crippen molar-refractivity contribution in [1.29, 1.82) is 0 Å². The zero-order chi connectivity index (χ0) is 19.3. The molecule has 0 spiro atoms. The molecular weight excluding hydrogens is 358 g/mol. The first-order chi connectivity index (χ1) is 13.7. The third kappa shape index (κ3) is 4.24. The van der Waals surface area contributed by atoms with E-state index in [-0.39, 0.29) is 23.6 Å². The van der Waals surface area contributed by atoms with Crippen molar-refractivity contribution in [3.8, 4) is 11.5 Å². The molecule has 0 unspecified atom stereocenters. The number of carbonyl (C=O) groups excluding carboxylic acids is 2. The van der Waals surface area contributed by atoms with Gasteiger partial charge < -0.3 is 20.1 Å². The Hall–Kier alpha value is -3.09. The molecule has 0 saturated heterocycles. The summed E-state index contributed by atoms with van der Waals surface area (Å²) in [5.74, 6) is 0.702. The minimum absolute atomic E-state index is 0.164. The summed E-state index contributed by atoms with van der Waals surface area (Å²) in [5.41, 5.74) is 1.20. The fraction of sp³-hybridized carbons (Fsp3) is 0.381. The Morgan fingerprint density at radius 2 is 1.71 bits per heavy atom. The van der Waals surface area contributed by atoms with E-state index in [1.165, 1.54) is 18.7 Å². The fourth-order valence-electron chi connectivity index (χ4n) is 3.53. The van der Waals surface area contributed by atoms with Gasteiger partial charge in [-0.1, -0.05) is 19.3 Å². The maximum atomic E-state index is 12.6. The number of carbonyl (C=O) groups is 2. The highest BCUT2D eigenvalue weighted by Gasteiger charge is 2.18. The van der Waals surface area contributed by atoms with Crippen molar-refractivity contribution in [1.82, 2.24) is 10.3 Å². The second-order valence-corrected chi connectivity index (χ2v) is 7.05. The zero-order valence-electron chi connectivity index (χ0n) is 15.6. The molecule has 1 aromatic heterocycles. The number of hydrogen-bond donors (Lipinski definition) is 2. The van der Waals surface area contributed by atoms with Crippen molar-refractivity contribution >= 4 is 17.5 Å². The Morgan fingerprint density at radius 3 is 2.54 bits per heavy atom. The van der Waals surface area contributed by atoms with Crippen LogP contribution >= 0.6 is 0 Å². The third-order valence-corrected chi connectivity index (χ3v) is 5.00. The molecular formula is C21H23N3O4. The van der Waals surface area contributed by atoms with Gasteiger partial charge in [0.15, 0.2) is 11.5 Å². The highest BCUT2D eigenvalue weighted by molar-refractivity contribution is 6.05. The van der Waals surface area contributed by atoms with E-state index < -0.39 is 0 Å². The van der Waals surface area contributed by atoms with Crippen LogP contribution in [0.1, 0.15) is 53.0 Å². The average molecular weight is 381 g/mol. The maximum Gasteiger partial charge on any atom is 0.274 e. The van der Waals surface area contributed by atoms with E-state index in [4.69, 9.17) is 9.47 Å². The molecule has 4 rings (SSSR count). The summed E-state index contributed by atoms with van der Waals surface area (Å²) in [5, 5.41) is 5.84. The number of benzene rings is 1. The standard InChI is InChI=1S/C21H23N3O4/c25-20(23-15-4-2-1-3-5-15)14-8-9-22-17(12-14)21(26)24-16-6-7-18-19(13-16)28-11-10-27-18/h6-9,12-13,15H,1-5,10-11H2,(H,23,25)(H,24,26). The summed E-state index contributed by atoms with van der Waals surface area (Å²) in [6, 6.07) is 8.57. The lowest BCUT2D eigenvalue weighted by Gasteiger charge is -2.22. The van der Waals surface area contributed by atoms with Crippen molar-refractivity contribution < 1.29 is 19.1 Å². The van der Waals surface area contributed by atoms with Crippen LogP contribution in [-0.2, 0) is 0 Å². The Balaban J connectivity index is 1.43. The Morgan fingerprint density at radius 1 is 0.929 bits per heavy atom. The fourth-order valence-corrected chi connectivity index (χ4v) is 3.53. The minimum atomic E-state index is -0.385. The van der Waals surface area contributed by atoms with Gasteiger partial charge in [0.2, 0.25) is 0 Å². The van der Waals surface area contributed by atoms with Crippen molar-refractivity contribution in [3.05, 3.63) is 47.8 Å². The Labute approximate surface area is 163 Å². The summed E-state index contributed by atoms with van der Waals surface area (Å²) in [6.07, 6.45) is 7.01. The highest BCUT2D eigenvalue weighted by Crippen LogP contribution is 2.32. The minimum Gasteiger partial charge on any atom is -0.486 e. The molecule has 2 aromatic rings. The molecule has 0 radical (unpaired) electrons. The van der Waals surface area contributed by atoms with Gasteiger partial charge >= 0.3 is 0 Å². The molecule has 1 fully saturated rings. The number of pyridine rings is 1. The SMILES string of the molecule is O=C(NC1CCCCC1)c1ccnc(C(=O)Nc2ccc3c(c2)OCCO3)c1. The van der Waals surface area contributed by atoms with Crippen LogP contribution in [0.2, 0.25) is 0 Å². The quantitative estimate of drug-likeness (QED) is 0.849. The lowest BCUT2D eigenvalue weighted by molar-refractivity contribution is 0.0927. The largest absolute Gasteiger partial charge is 0.486 e. The van der Waals surface area contributed by atoms with Crippen LogP contribution in [0.15, 0.2) is 36.5 Å². The Bertz CT molecular complexity index is 878. The van der Waals surface area contributed by atoms with Gasteiger partial charge in [-0.05, 0) is 37.1 Å². The number of anilines is 1. The molecule has 2 N–H and O–H groups in total. The number of rotatable bonds is 4. The molecule has 1 saturated carbocycles. The number of fused-ring (bicyclic) bond motifs is 1. The van der Waals surface area contributed by atoms with E-state index in [0.717, 1.165) is 25.7 Å². The van der Waals surface area contributed by atoms with E-state index in [1.54, 1.807) is 24.3 Å². The summed E-state index contributed by atoms with van der Waals surface area (Å²) in [7, 11) is 0. The van der Waals surface area contributed by atoms with Gasteiger partial charge in [0.05, 0.1) is 0 Å². The molecule has 2 heterocycles. The monoisotopic (exact) mass is 381 g/mol. The zero-order valence-corrected chi connectivity index (χ0v) is 15.6. The number of nitrogens with one attached hydrogen (secondary N) is 2. The van der Waals surface area contributed by atoms with E-state index in [0.29, 0.717) is 36.0 Å². The van der Waals surface area contributed by atoms with Crippen LogP contribution in [0.4, 0.5) is 5.69 Å². The maximum absolute atomic E-state index is 12.6. The number of ether oxygens (including phenoxy) is 2. The van der Waals surface area contributed by atoms with Gasteiger partial charge in [-0.3, -0.25) is 14.6 Å². The summed E-state index contributed by atoms with van der Waals surface area (Å²) >= 11 is 0. The molecule has 28 heavy (non-hydrogen) atoms. The molecule has 7 heteroatoms. The second kappa shape index (κ2) is 8.29. The smallest absolute Gasteiger partial charge is 0.274 e. The van der Waals surface area contributed by atoms with Gasteiger partial charge in [0.1, 0.15) is 18.9 Å². The van der Waals surface area contributed by atoms with Crippen LogP contribution in [-0.4, -0.2) is 36.1 Å². The third-order valence-electron chi connectivity index (χ3n) is 5.00. The predicted octanol–water partition coefficient (Wildman–Crippen LogP) is 3.17. The van der Waals surface area contributed by atoms with Crippen molar-refractivity contribution in [3.63, 3.8) is 0 Å². The molecule has 7 nitrogen and oxygen atoms in total. The van der Waals surface area contributed by atoms with Crippen LogP contribution in [0, 0.1) is 0 Å². The van der Waals surface area contributed by atoms with E-state index in [9.17, 15) is 9.59 Å². The van der Waals surface area contributed by atoms with Crippen molar-refractivity contribution in [2.45, 2.75) is 38.1 Å². The molecule has 0 bridgehead atoms. The molecule has 0 atom stereocenters. The lowest BCUT2D eigenvalue weighted by atomic mass is 9.95. The van der Waals surface area contributed by atoms with Crippen LogP contribution < -0.4 is 20.1 Å². The number of nitrogens with zero attached hydrogens (tertiary/aromatic N) is 1. The van der Waals surface area contributed by atoms with Crippen LogP contribution in [0.25, 0.3) is 0 Å². The molecule has 146 valence electrons. The molecule has 1 aromatic carbocycles. The van der Waals surface area contributed by atoms with Gasteiger partial charge in [-0.15, -0.1) is 0 Å². The Kier molecular flexibility index (Phi) is 5.41. The first kappa shape index (κ1) is 18.3. The van der Waals surface area contributed by atoms with Gasteiger partial charge in [0, 0.05) is 29.6 Å². The highest BCUT2D eigenvalue weighted by atomic mass is 16.6. The topological polar surface area (TPSA) is 89.6 Å². The summed E-state index contributed by atoms with van der Waals surface area (Å²) < 4.78 is 11.0. The van der Waals surface area contributed by atoms with E-state index in [1.807, 2.05) is 0 Å².